The van der Waals surface area contributed by atoms with Gasteiger partial charge in [-0.2, -0.15) is 0 Å². The van der Waals surface area contributed by atoms with E-state index in [9.17, 15) is 9.59 Å². The number of carbonyl (C=O) groups is 1. The van der Waals surface area contributed by atoms with Gasteiger partial charge in [0.25, 0.3) is 5.56 Å². The summed E-state index contributed by atoms with van der Waals surface area (Å²) in [5.41, 5.74) is 6.95. The molecular formula is C15H17N3O3. The van der Waals surface area contributed by atoms with Crippen LogP contribution in [0.5, 0.6) is 0 Å². The fourth-order valence-electron chi connectivity index (χ4n) is 2.10. The van der Waals surface area contributed by atoms with Gasteiger partial charge in [-0.1, -0.05) is 18.2 Å². The van der Waals surface area contributed by atoms with Crippen LogP contribution >= 0.6 is 0 Å². The molecule has 1 aromatic heterocycles. The Labute approximate surface area is 122 Å². The third-order valence-electron chi connectivity index (χ3n) is 3.11. The van der Waals surface area contributed by atoms with Gasteiger partial charge in [-0.05, 0) is 18.2 Å². The number of para-hydroxylation sites is 2. The molecule has 2 rings (SSSR count). The topological polar surface area (TPSA) is 88.6 Å². The van der Waals surface area contributed by atoms with Crippen LogP contribution in [0.2, 0.25) is 0 Å². The van der Waals surface area contributed by atoms with E-state index in [4.69, 9.17) is 10.8 Å². The molecular weight excluding hydrogens is 270 g/mol. The van der Waals surface area contributed by atoms with Crippen LogP contribution in [-0.4, -0.2) is 28.7 Å². The molecule has 0 atom stereocenters. The van der Waals surface area contributed by atoms with E-state index in [1.165, 1.54) is 10.6 Å². The second kappa shape index (κ2) is 6.60. The number of anilines is 2. The number of carboxylic acid groups (broad SMARTS) is 1. The van der Waals surface area contributed by atoms with Crippen molar-refractivity contribution in [3.05, 3.63) is 59.0 Å². The molecule has 0 radical (unpaired) electrons. The molecule has 0 amide bonds. The number of rotatable bonds is 6. The number of aromatic nitrogens is 1. The third-order valence-corrected chi connectivity index (χ3v) is 3.11. The highest BCUT2D eigenvalue weighted by molar-refractivity contribution is 5.77. The molecule has 0 saturated heterocycles. The van der Waals surface area contributed by atoms with Crippen LogP contribution in [0, 0.1) is 0 Å². The second-order valence-electron chi connectivity index (χ2n) is 4.61. The van der Waals surface area contributed by atoms with Gasteiger partial charge in [0.15, 0.2) is 0 Å². The van der Waals surface area contributed by atoms with Crippen molar-refractivity contribution in [2.45, 2.75) is 6.54 Å². The maximum absolute atomic E-state index is 11.7. The standard InChI is InChI=1S/C15H17N3O3/c16-12-5-1-2-6-13(12)18(11-15(20)21)10-9-17-8-4-3-7-14(17)19/h1-8H,9-11,16H2,(H,20,21). The van der Waals surface area contributed by atoms with Gasteiger partial charge in [0.1, 0.15) is 6.54 Å². The van der Waals surface area contributed by atoms with E-state index in [1.54, 1.807) is 47.5 Å². The smallest absolute Gasteiger partial charge is 0.323 e. The first-order valence-electron chi connectivity index (χ1n) is 6.54. The highest BCUT2D eigenvalue weighted by Crippen LogP contribution is 2.22. The molecule has 0 fully saturated rings. The first-order valence-corrected chi connectivity index (χ1v) is 6.54. The van der Waals surface area contributed by atoms with Gasteiger partial charge < -0.3 is 20.3 Å². The number of aliphatic carboxylic acids is 1. The zero-order valence-corrected chi connectivity index (χ0v) is 11.5. The molecule has 2 aromatic rings. The molecule has 0 saturated carbocycles. The quantitative estimate of drug-likeness (QED) is 0.774. The summed E-state index contributed by atoms with van der Waals surface area (Å²) in [4.78, 5) is 24.3. The first-order chi connectivity index (χ1) is 10.1. The van der Waals surface area contributed by atoms with Crippen molar-refractivity contribution in [3.63, 3.8) is 0 Å². The van der Waals surface area contributed by atoms with Gasteiger partial charge in [-0.3, -0.25) is 9.59 Å². The number of pyridine rings is 1. The minimum absolute atomic E-state index is 0.117. The van der Waals surface area contributed by atoms with E-state index in [2.05, 4.69) is 0 Å². The molecule has 0 aliphatic rings. The number of benzene rings is 1. The number of hydrogen-bond acceptors (Lipinski definition) is 4. The zero-order chi connectivity index (χ0) is 15.2. The van der Waals surface area contributed by atoms with Gasteiger partial charge in [-0.15, -0.1) is 0 Å². The SMILES string of the molecule is Nc1ccccc1N(CCn1ccccc1=O)CC(=O)O. The lowest BCUT2D eigenvalue weighted by Crippen LogP contribution is -2.35. The molecule has 6 nitrogen and oxygen atoms in total. The number of nitrogens with two attached hydrogens (primary N) is 1. The summed E-state index contributed by atoms with van der Waals surface area (Å²) in [6, 6.07) is 12.0. The minimum Gasteiger partial charge on any atom is -0.480 e. The number of nitrogens with zero attached hydrogens (tertiary/aromatic N) is 2. The number of hydrogen-bond donors (Lipinski definition) is 2. The predicted molar refractivity (Wildman–Crippen MR) is 81.4 cm³/mol. The third kappa shape index (κ3) is 3.85. The molecule has 0 spiro atoms. The summed E-state index contributed by atoms with van der Waals surface area (Å²) in [5.74, 6) is -0.946. The monoisotopic (exact) mass is 287 g/mol. The van der Waals surface area contributed by atoms with Gasteiger partial charge in [-0.25, -0.2) is 0 Å². The fraction of sp³-hybridized carbons (Fsp3) is 0.200. The van der Waals surface area contributed by atoms with Crippen molar-refractivity contribution in [1.29, 1.82) is 0 Å². The normalized spacial score (nSPS) is 10.3. The Morgan fingerprint density at radius 1 is 1.19 bits per heavy atom. The summed E-state index contributed by atoms with van der Waals surface area (Å²) < 4.78 is 1.54. The lowest BCUT2D eigenvalue weighted by atomic mass is 10.2. The summed E-state index contributed by atoms with van der Waals surface area (Å²) >= 11 is 0. The Hall–Kier alpha value is -2.76. The van der Waals surface area contributed by atoms with E-state index in [0.717, 1.165) is 0 Å². The zero-order valence-electron chi connectivity index (χ0n) is 11.5. The number of carboxylic acids is 1. The van der Waals surface area contributed by atoms with Crippen molar-refractivity contribution < 1.29 is 9.90 Å². The average molecular weight is 287 g/mol. The van der Waals surface area contributed by atoms with Crippen molar-refractivity contribution in [2.75, 3.05) is 23.7 Å². The van der Waals surface area contributed by atoms with E-state index >= 15 is 0 Å². The van der Waals surface area contributed by atoms with Crippen molar-refractivity contribution >= 4 is 17.3 Å². The second-order valence-corrected chi connectivity index (χ2v) is 4.61. The van der Waals surface area contributed by atoms with E-state index in [-0.39, 0.29) is 12.1 Å². The summed E-state index contributed by atoms with van der Waals surface area (Å²) in [6.45, 7) is 0.599. The van der Waals surface area contributed by atoms with E-state index in [1.807, 2.05) is 0 Å². The van der Waals surface area contributed by atoms with Crippen LogP contribution < -0.4 is 16.2 Å². The van der Waals surface area contributed by atoms with Gasteiger partial charge in [0.2, 0.25) is 0 Å². The molecule has 0 unspecified atom stereocenters. The molecule has 110 valence electrons. The predicted octanol–water partition coefficient (Wildman–Crippen LogP) is 1.02. The Morgan fingerprint density at radius 3 is 2.57 bits per heavy atom. The first kappa shape index (κ1) is 14.6. The maximum Gasteiger partial charge on any atom is 0.323 e. The Kier molecular flexibility index (Phi) is 4.61. The molecule has 3 N–H and O–H groups in total. The fourth-order valence-corrected chi connectivity index (χ4v) is 2.10. The Morgan fingerprint density at radius 2 is 1.90 bits per heavy atom. The van der Waals surface area contributed by atoms with Gasteiger partial charge in [0, 0.05) is 25.4 Å². The van der Waals surface area contributed by atoms with Crippen LogP contribution in [-0.2, 0) is 11.3 Å². The van der Waals surface area contributed by atoms with Crippen molar-refractivity contribution in [2.24, 2.45) is 0 Å². The van der Waals surface area contributed by atoms with Crippen LogP contribution in [0.3, 0.4) is 0 Å². The van der Waals surface area contributed by atoms with Gasteiger partial charge in [0.05, 0.1) is 11.4 Å². The molecule has 21 heavy (non-hydrogen) atoms. The van der Waals surface area contributed by atoms with Crippen LogP contribution in [0.1, 0.15) is 0 Å². The molecule has 0 aliphatic heterocycles. The van der Waals surface area contributed by atoms with Crippen LogP contribution in [0.4, 0.5) is 11.4 Å². The lowest BCUT2D eigenvalue weighted by Gasteiger charge is -2.24. The largest absolute Gasteiger partial charge is 0.480 e. The van der Waals surface area contributed by atoms with Crippen molar-refractivity contribution in [3.8, 4) is 0 Å². The highest BCUT2D eigenvalue weighted by atomic mass is 16.4. The van der Waals surface area contributed by atoms with E-state index < -0.39 is 5.97 Å². The van der Waals surface area contributed by atoms with E-state index in [0.29, 0.717) is 24.5 Å². The maximum atomic E-state index is 11.7. The summed E-state index contributed by atoms with van der Waals surface area (Å²) in [6.07, 6.45) is 1.68. The highest BCUT2D eigenvalue weighted by Gasteiger charge is 2.13. The molecule has 1 heterocycles. The Bertz CT molecular complexity index is 682. The Balaban J connectivity index is 2.18. The van der Waals surface area contributed by atoms with Crippen LogP contribution in [0.25, 0.3) is 0 Å². The minimum atomic E-state index is -0.946. The lowest BCUT2D eigenvalue weighted by molar-refractivity contribution is -0.135. The molecule has 0 bridgehead atoms. The number of nitrogen functional groups attached to an aromatic ring is 1. The van der Waals surface area contributed by atoms with Crippen LogP contribution in [0.15, 0.2) is 53.5 Å². The van der Waals surface area contributed by atoms with Gasteiger partial charge >= 0.3 is 5.97 Å². The van der Waals surface area contributed by atoms with Crippen molar-refractivity contribution in [1.82, 2.24) is 4.57 Å². The molecule has 1 aromatic carbocycles. The molecule has 6 heteroatoms. The average Bonchev–Trinajstić information content (AvgIpc) is 2.45. The summed E-state index contributed by atoms with van der Waals surface area (Å²) in [7, 11) is 0. The summed E-state index contributed by atoms with van der Waals surface area (Å²) in [5, 5.41) is 9.04. The molecule has 0 aliphatic carbocycles.